The van der Waals surface area contributed by atoms with Crippen LogP contribution in [0.25, 0.3) is 0 Å². The standard InChI is InChI=1S/C31H37N3O2/c1-4-5-6-7-8-11-22-36-28-13-10-9-12-27(28)31(26-20-16-24(3)17-21-26)33-29(32-30(35)34-31)25-18-14-23(2)15-19-25/h9-10,12-21H,4-8,11,22H2,1-3H3,(H2,32,33,34,35). The van der Waals surface area contributed by atoms with Crippen molar-refractivity contribution in [3.05, 3.63) is 101 Å². The van der Waals surface area contributed by atoms with Gasteiger partial charge >= 0.3 is 6.03 Å². The number of carbonyl (C=O) groups excluding carboxylic acids is 1. The largest absolute Gasteiger partial charge is 0.493 e. The zero-order valence-electron chi connectivity index (χ0n) is 21.6. The number of amides is 2. The summed E-state index contributed by atoms with van der Waals surface area (Å²) in [4.78, 5) is 18.3. The van der Waals surface area contributed by atoms with Gasteiger partial charge in [-0.3, -0.25) is 5.32 Å². The number of hydrogen-bond donors (Lipinski definition) is 2. The van der Waals surface area contributed by atoms with E-state index in [0.29, 0.717) is 12.4 Å². The number of para-hydroxylation sites is 1. The third-order valence-electron chi connectivity index (χ3n) is 6.63. The molecule has 4 rings (SSSR count). The number of carbonyl (C=O) groups is 1. The number of ether oxygens (including phenoxy) is 1. The molecule has 0 spiro atoms. The molecule has 1 heterocycles. The Hall–Kier alpha value is -3.60. The van der Waals surface area contributed by atoms with Crippen LogP contribution in [-0.4, -0.2) is 18.5 Å². The van der Waals surface area contributed by atoms with Gasteiger partial charge in [0.05, 0.1) is 6.61 Å². The monoisotopic (exact) mass is 483 g/mol. The summed E-state index contributed by atoms with van der Waals surface area (Å²) in [5, 5.41) is 6.05. The predicted octanol–water partition coefficient (Wildman–Crippen LogP) is 7.00. The highest BCUT2D eigenvalue weighted by Gasteiger charge is 2.42. The second-order valence-corrected chi connectivity index (χ2v) is 9.59. The van der Waals surface area contributed by atoms with Crippen LogP contribution in [0.3, 0.4) is 0 Å². The van der Waals surface area contributed by atoms with Crippen molar-refractivity contribution in [3.63, 3.8) is 0 Å². The van der Waals surface area contributed by atoms with Gasteiger partial charge in [0.15, 0.2) is 5.66 Å². The Labute approximate surface area is 215 Å². The minimum absolute atomic E-state index is 0.299. The zero-order chi connectivity index (χ0) is 25.4. The van der Waals surface area contributed by atoms with E-state index in [9.17, 15) is 4.79 Å². The van der Waals surface area contributed by atoms with Crippen LogP contribution in [-0.2, 0) is 5.66 Å². The number of benzene rings is 3. The van der Waals surface area contributed by atoms with Gasteiger partial charge in [-0.15, -0.1) is 0 Å². The summed E-state index contributed by atoms with van der Waals surface area (Å²) in [6.07, 6.45) is 7.20. The molecule has 1 aliphatic heterocycles. The second-order valence-electron chi connectivity index (χ2n) is 9.59. The first-order valence-electron chi connectivity index (χ1n) is 13.1. The van der Waals surface area contributed by atoms with Crippen molar-refractivity contribution >= 4 is 11.9 Å². The first-order valence-corrected chi connectivity index (χ1v) is 13.1. The molecule has 1 aliphatic rings. The molecule has 1 unspecified atom stereocenters. The van der Waals surface area contributed by atoms with Crippen molar-refractivity contribution in [3.8, 4) is 5.75 Å². The van der Waals surface area contributed by atoms with Gasteiger partial charge < -0.3 is 10.1 Å². The topological polar surface area (TPSA) is 62.7 Å². The molecule has 188 valence electrons. The van der Waals surface area contributed by atoms with Gasteiger partial charge in [-0.05, 0) is 26.3 Å². The molecule has 5 heteroatoms. The Morgan fingerprint density at radius 2 is 1.44 bits per heavy atom. The van der Waals surface area contributed by atoms with E-state index in [4.69, 9.17) is 9.73 Å². The number of nitrogens with one attached hydrogen (secondary N) is 2. The molecule has 3 aromatic carbocycles. The zero-order valence-corrected chi connectivity index (χ0v) is 21.6. The minimum atomic E-state index is -1.12. The lowest BCUT2D eigenvalue weighted by Gasteiger charge is -2.37. The van der Waals surface area contributed by atoms with E-state index in [2.05, 4.69) is 24.5 Å². The Balaban J connectivity index is 1.72. The smallest absolute Gasteiger partial charge is 0.322 e. The number of rotatable bonds is 11. The van der Waals surface area contributed by atoms with Gasteiger partial charge in [0.25, 0.3) is 0 Å². The van der Waals surface area contributed by atoms with Gasteiger partial charge in [-0.1, -0.05) is 117 Å². The number of unbranched alkanes of at least 4 members (excludes halogenated alkanes) is 5. The van der Waals surface area contributed by atoms with Crippen molar-refractivity contribution in [2.24, 2.45) is 4.99 Å². The maximum Gasteiger partial charge on any atom is 0.322 e. The van der Waals surface area contributed by atoms with E-state index in [1.54, 1.807) is 0 Å². The maximum absolute atomic E-state index is 13.1. The first kappa shape index (κ1) is 25.5. The van der Waals surface area contributed by atoms with Crippen molar-refractivity contribution in [1.82, 2.24) is 10.6 Å². The van der Waals surface area contributed by atoms with E-state index in [1.165, 1.54) is 25.7 Å². The highest BCUT2D eigenvalue weighted by molar-refractivity contribution is 6.09. The Morgan fingerprint density at radius 1 is 0.806 bits per heavy atom. The first-order chi connectivity index (χ1) is 17.5. The van der Waals surface area contributed by atoms with Crippen molar-refractivity contribution in [2.45, 2.75) is 65.0 Å². The van der Waals surface area contributed by atoms with Crippen molar-refractivity contribution < 1.29 is 9.53 Å². The lowest BCUT2D eigenvalue weighted by molar-refractivity contribution is 0.231. The molecule has 3 aromatic rings. The van der Waals surface area contributed by atoms with Crippen LogP contribution in [0.2, 0.25) is 0 Å². The summed E-state index contributed by atoms with van der Waals surface area (Å²) in [5.74, 6) is 1.27. The molecule has 0 saturated heterocycles. The van der Waals surface area contributed by atoms with Crippen molar-refractivity contribution in [2.75, 3.05) is 6.61 Å². The normalized spacial score (nSPS) is 17.2. The van der Waals surface area contributed by atoms with Crippen molar-refractivity contribution in [1.29, 1.82) is 0 Å². The number of aryl methyl sites for hydroxylation is 2. The van der Waals surface area contributed by atoms with E-state index in [-0.39, 0.29) is 6.03 Å². The molecular formula is C31H37N3O2. The molecule has 2 amide bonds. The molecule has 2 N–H and O–H groups in total. The lowest BCUT2D eigenvalue weighted by atomic mass is 9.89. The number of hydrogen-bond acceptors (Lipinski definition) is 3. The average Bonchev–Trinajstić information content (AvgIpc) is 2.89. The van der Waals surface area contributed by atoms with Crippen LogP contribution in [0.5, 0.6) is 5.75 Å². The molecule has 0 saturated carbocycles. The van der Waals surface area contributed by atoms with Gasteiger partial charge in [0.1, 0.15) is 11.6 Å². The highest BCUT2D eigenvalue weighted by Crippen LogP contribution is 2.39. The Morgan fingerprint density at radius 3 is 2.17 bits per heavy atom. The van der Waals surface area contributed by atoms with E-state index >= 15 is 0 Å². The van der Waals surface area contributed by atoms with Crippen LogP contribution < -0.4 is 15.4 Å². The third-order valence-corrected chi connectivity index (χ3v) is 6.63. The third kappa shape index (κ3) is 5.96. The second kappa shape index (κ2) is 11.9. The van der Waals surface area contributed by atoms with E-state index < -0.39 is 5.66 Å². The summed E-state index contributed by atoms with van der Waals surface area (Å²) in [6, 6.07) is 23.8. The number of nitrogens with zero attached hydrogens (tertiary/aromatic N) is 1. The fourth-order valence-corrected chi connectivity index (χ4v) is 4.55. The van der Waals surface area contributed by atoms with Gasteiger partial charge in [-0.2, -0.15) is 0 Å². The maximum atomic E-state index is 13.1. The molecular weight excluding hydrogens is 446 g/mol. The molecule has 0 bridgehead atoms. The van der Waals surface area contributed by atoms with E-state index in [0.717, 1.165) is 46.4 Å². The van der Waals surface area contributed by atoms with Crippen LogP contribution in [0.1, 0.15) is 73.3 Å². The van der Waals surface area contributed by atoms with Crippen LogP contribution in [0.15, 0.2) is 77.8 Å². The van der Waals surface area contributed by atoms with Gasteiger partial charge in [0.2, 0.25) is 0 Å². The summed E-state index contributed by atoms with van der Waals surface area (Å²) in [6.45, 7) is 6.96. The average molecular weight is 484 g/mol. The fourth-order valence-electron chi connectivity index (χ4n) is 4.55. The van der Waals surface area contributed by atoms with Crippen LogP contribution in [0.4, 0.5) is 4.79 Å². The molecule has 0 radical (unpaired) electrons. The van der Waals surface area contributed by atoms with Crippen LogP contribution in [0, 0.1) is 13.8 Å². The summed E-state index contributed by atoms with van der Waals surface area (Å²) < 4.78 is 6.32. The Kier molecular flexibility index (Phi) is 8.42. The lowest BCUT2D eigenvalue weighted by Crippen LogP contribution is -2.56. The molecule has 0 aliphatic carbocycles. The minimum Gasteiger partial charge on any atom is -0.493 e. The fraction of sp³-hybridized carbons (Fsp3) is 0.355. The SMILES string of the molecule is CCCCCCCCOc1ccccc1C1(c2ccc(C)cc2)N=C(c2ccc(C)cc2)NC(=O)N1. The van der Waals surface area contributed by atoms with Gasteiger partial charge in [-0.25, -0.2) is 9.79 Å². The van der Waals surface area contributed by atoms with E-state index in [1.807, 2.05) is 79.7 Å². The number of aliphatic imine (C=N–C) groups is 1. The Bertz CT molecular complexity index is 1190. The number of amidine groups is 1. The summed E-state index contributed by atoms with van der Waals surface area (Å²) in [5.41, 5.74) is 3.73. The predicted molar refractivity (Wildman–Crippen MR) is 147 cm³/mol. The highest BCUT2D eigenvalue weighted by atomic mass is 16.5. The van der Waals surface area contributed by atoms with Gasteiger partial charge in [0, 0.05) is 16.7 Å². The quantitative estimate of drug-likeness (QED) is 0.288. The summed E-state index contributed by atoms with van der Waals surface area (Å²) >= 11 is 0. The molecule has 36 heavy (non-hydrogen) atoms. The molecule has 5 nitrogen and oxygen atoms in total. The molecule has 0 fully saturated rings. The summed E-state index contributed by atoms with van der Waals surface area (Å²) in [7, 11) is 0. The van der Waals surface area contributed by atoms with Crippen LogP contribution >= 0.6 is 0 Å². The molecule has 1 atom stereocenters. The number of urea groups is 1. The molecule has 0 aromatic heterocycles.